The lowest BCUT2D eigenvalue weighted by Gasteiger charge is -2.17. The molecule has 0 bridgehead atoms. The van der Waals surface area contributed by atoms with Crippen molar-refractivity contribution in [3.05, 3.63) is 58.7 Å². The zero-order chi connectivity index (χ0) is 23.5. The van der Waals surface area contributed by atoms with Crippen LogP contribution in [0.5, 0.6) is 5.75 Å². The van der Waals surface area contributed by atoms with Crippen LogP contribution in [-0.4, -0.2) is 43.8 Å². The summed E-state index contributed by atoms with van der Waals surface area (Å²) in [5.41, 5.74) is 0.637. The van der Waals surface area contributed by atoms with Gasteiger partial charge in [-0.1, -0.05) is 6.07 Å². The van der Waals surface area contributed by atoms with Crippen LogP contribution in [0.4, 0.5) is 23.2 Å². The fourth-order valence-electron chi connectivity index (χ4n) is 3.02. The Morgan fingerprint density at radius 2 is 1.81 bits per heavy atom. The van der Waals surface area contributed by atoms with E-state index >= 15 is 0 Å². The van der Waals surface area contributed by atoms with Gasteiger partial charge >= 0.3 is 6.36 Å². The Morgan fingerprint density at radius 1 is 1.12 bits per heavy atom. The minimum atomic E-state index is -4.81. The Balaban J connectivity index is 1.70. The molecular formula is C21H18F4N2O4S. The number of nitrogens with one attached hydrogen (secondary N) is 1. The minimum Gasteiger partial charge on any atom is -0.406 e. The molecule has 2 amide bonds. The molecule has 0 aliphatic heterocycles. The molecule has 32 heavy (non-hydrogen) atoms. The molecule has 1 heterocycles. The van der Waals surface area contributed by atoms with Crippen LogP contribution in [0, 0.1) is 5.82 Å². The van der Waals surface area contributed by atoms with Gasteiger partial charge in [0.25, 0.3) is 5.91 Å². The number of halogens is 4. The predicted molar refractivity (Wildman–Crippen MR) is 111 cm³/mol. The first-order valence-electron chi connectivity index (χ1n) is 9.19. The number of benzene rings is 2. The summed E-state index contributed by atoms with van der Waals surface area (Å²) in [7, 11) is 2.85. The summed E-state index contributed by atoms with van der Waals surface area (Å²) in [6, 6.07) is 9.13. The van der Waals surface area contributed by atoms with Gasteiger partial charge in [-0.25, -0.2) is 4.39 Å². The molecule has 6 nitrogen and oxygen atoms in total. The van der Waals surface area contributed by atoms with Crippen LogP contribution in [0.15, 0.2) is 42.5 Å². The van der Waals surface area contributed by atoms with E-state index in [0.717, 1.165) is 28.4 Å². The average Bonchev–Trinajstić information content (AvgIpc) is 3.07. The third-order valence-corrected chi connectivity index (χ3v) is 5.53. The fourth-order valence-corrected chi connectivity index (χ4v) is 4.24. The van der Waals surface area contributed by atoms with Gasteiger partial charge in [0.1, 0.15) is 11.6 Å². The maximum Gasteiger partial charge on any atom is 0.573 e. The van der Waals surface area contributed by atoms with Gasteiger partial charge < -0.3 is 19.7 Å². The van der Waals surface area contributed by atoms with Crippen LogP contribution in [0.2, 0.25) is 0 Å². The molecule has 170 valence electrons. The maximum absolute atomic E-state index is 14.3. The van der Waals surface area contributed by atoms with Crippen molar-refractivity contribution in [2.24, 2.45) is 0 Å². The number of ether oxygens (including phenoxy) is 2. The van der Waals surface area contributed by atoms with Gasteiger partial charge in [0.15, 0.2) is 0 Å². The number of amides is 2. The first kappa shape index (κ1) is 23.5. The average molecular weight is 470 g/mol. The molecule has 0 radical (unpaired) electrons. The summed E-state index contributed by atoms with van der Waals surface area (Å²) in [6.07, 6.45) is -4.81. The molecule has 0 unspecified atom stereocenters. The van der Waals surface area contributed by atoms with Crippen molar-refractivity contribution in [2.75, 3.05) is 26.0 Å². The Hall–Kier alpha value is -3.18. The molecule has 1 aromatic heterocycles. The number of fused-ring (bicyclic) bond motifs is 1. The molecule has 2 aromatic carbocycles. The van der Waals surface area contributed by atoms with Crippen molar-refractivity contribution in [1.82, 2.24) is 4.90 Å². The van der Waals surface area contributed by atoms with Crippen molar-refractivity contribution in [2.45, 2.75) is 13.0 Å². The lowest BCUT2D eigenvalue weighted by molar-refractivity contribution is -0.274. The smallest absolute Gasteiger partial charge is 0.406 e. The van der Waals surface area contributed by atoms with Crippen LogP contribution in [0.3, 0.4) is 0 Å². The number of carbonyl (C=O) groups excluding carboxylic acids is 2. The lowest BCUT2D eigenvalue weighted by Crippen LogP contribution is -2.35. The van der Waals surface area contributed by atoms with E-state index in [1.807, 2.05) is 0 Å². The molecule has 0 saturated carbocycles. The zero-order valence-electron chi connectivity index (χ0n) is 17.0. The Bertz CT molecular complexity index is 1130. The fraction of sp³-hybridized carbons (Fsp3) is 0.238. The number of nitrogens with zero attached hydrogens (tertiary/aromatic N) is 1. The van der Waals surface area contributed by atoms with E-state index in [9.17, 15) is 27.2 Å². The molecule has 0 saturated heterocycles. The monoisotopic (exact) mass is 470 g/mol. The van der Waals surface area contributed by atoms with Crippen LogP contribution in [0.1, 0.15) is 15.2 Å². The quantitative estimate of drug-likeness (QED) is 0.504. The van der Waals surface area contributed by atoms with Crippen molar-refractivity contribution in [3.8, 4) is 5.75 Å². The maximum atomic E-state index is 14.3. The van der Waals surface area contributed by atoms with Crippen LogP contribution < -0.4 is 10.1 Å². The number of thiophene rings is 1. The van der Waals surface area contributed by atoms with Crippen molar-refractivity contribution in [1.29, 1.82) is 0 Å². The first-order valence-corrected chi connectivity index (χ1v) is 10.0. The van der Waals surface area contributed by atoms with Gasteiger partial charge in [-0.2, -0.15) is 0 Å². The van der Waals surface area contributed by atoms with E-state index in [4.69, 9.17) is 4.74 Å². The van der Waals surface area contributed by atoms with Crippen molar-refractivity contribution in [3.63, 3.8) is 0 Å². The molecule has 0 fully saturated rings. The number of anilines is 1. The number of hydrogen-bond acceptors (Lipinski definition) is 5. The van der Waals surface area contributed by atoms with Crippen molar-refractivity contribution >= 4 is 38.9 Å². The second kappa shape index (κ2) is 9.53. The van der Waals surface area contributed by atoms with Gasteiger partial charge in [0.2, 0.25) is 5.91 Å². The topological polar surface area (TPSA) is 67.9 Å². The summed E-state index contributed by atoms with van der Waals surface area (Å²) in [5.74, 6) is -1.94. The Labute approximate surface area is 184 Å². The highest BCUT2D eigenvalue weighted by Gasteiger charge is 2.31. The molecule has 1 N–H and O–H groups in total. The highest BCUT2D eigenvalue weighted by atomic mass is 32.1. The molecule has 0 atom stereocenters. The standard InChI is InChI=1S/C21H18F4N2O4S/c1-27(10-17(28)26-12-6-8-13(9-7-12)31-21(23,24)25)20(29)19-14(11-30-2)18-15(22)4-3-5-16(18)32-19/h3-9H,10-11H2,1-2H3,(H,26,28). The molecule has 11 heteroatoms. The van der Waals surface area contributed by atoms with Gasteiger partial charge in [0, 0.05) is 35.5 Å². The van der Waals surface area contributed by atoms with E-state index in [-0.39, 0.29) is 23.7 Å². The third-order valence-electron chi connectivity index (χ3n) is 4.35. The van der Waals surface area contributed by atoms with E-state index in [0.29, 0.717) is 15.6 Å². The normalized spacial score (nSPS) is 11.4. The largest absolute Gasteiger partial charge is 0.573 e. The van der Waals surface area contributed by atoms with Gasteiger partial charge in [-0.15, -0.1) is 24.5 Å². The molecule has 0 spiro atoms. The number of carbonyl (C=O) groups is 2. The van der Waals surface area contributed by atoms with Gasteiger partial charge in [-0.05, 0) is 36.4 Å². The molecular weight excluding hydrogens is 452 g/mol. The van der Waals surface area contributed by atoms with Crippen LogP contribution in [-0.2, 0) is 16.1 Å². The lowest BCUT2D eigenvalue weighted by atomic mass is 10.1. The second-order valence-electron chi connectivity index (χ2n) is 6.74. The van der Waals surface area contributed by atoms with E-state index in [1.165, 1.54) is 32.4 Å². The van der Waals surface area contributed by atoms with Crippen LogP contribution >= 0.6 is 11.3 Å². The summed E-state index contributed by atoms with van der Waals surface area (Å²) < 4.78 is 60.5. The number of rotatable bonds is 7. The molecule has 0 aliphatic carbocycles. The molecule has 0 aliphatic rings. The third kappa shape index (κ3) is 5.54. The summed E-state index contributed by atoms with van der Waals surface area (Å²) in [6.45, 7) is -0.308. The predicted octanol–water partition coefficient (Wildman–Crippen LogP) is 4.80. The second-order valence-corrected chi connectivity index (χ2v) is 7.79. The van der Waals surface area contributed by atoms with Gasteiger partial charge in [0.05, 0.1) is 18.0 Å². The van der Waals surface area contributed by atoms with E-state index in [2.05, 4.69) is 10.1 Å². The van der Waals surface area contributed by atoms with Crippen LogP contribution in [0.25, 0.3) is 10.1 Å². The first-order chi connectivity index (χ1) is 15.1. The number of alkyl halides is 3. The number of hydrogen-bond donors (Lipinski definition) is 1. The molecule has 3 rings (SSSR count). The summed E-state index contributed by atoms with van der Waals surface area (Å²) in [5, 5.41) is 2.80. The van der Waals surface area contributed by atoms with Gasteiger partial charge in [-0.3, -0.25) is 9.59 Å². The Morgan fingerprint density at radius 3 is 2.44 bits per heavy atom. The zero-order valence-corrected chi connectivity index (χ0v) is 17.8. The Kier molecular flexibility index (Phi) is 6.99. The van der Waals surface area contributed by atoms with Crippen molar-refractivity contribution < 1.29 is 36.6 Å². The number of methoxy groups -OCH3 is 1. The highest BCUT2D eigenvalue weighted by molar-refractivity contribution is 7.21. The summed E-state index contributed by atoms with van der Waals surface area (Å²) >= 11 is 1.10. The van der Waals surface area contributed by atoms with E-state index in [1.54, 1.807) is 12.1 Å². The summed E-state index contributed by atoms with van der Waals surface area (Å²) in [4.78, 5) is 26.7. The SMILES string of the molecule is COCc1c(C(=O)N(C)CC(=O)Nc2ccc(OC(F)(F)F)cc2)sc2cccc(F)c12. The molecule has 3 aromatic rings. The highest BCUT2D eigenvalue weighted by Crippen LogP contribution is 2.34. The minimum absolute atomic E-state index is 0.0222. The van der Waals surface area contributed by atoms with E-state index < -0.39 is 29.7 Å². The number of likely N-dealkylation sites (N-methyl/N-ethyl adjacent to an activating group) is 1.